The maximum atomic E-state index is 10.9. The summed E-state index contributed by atoms with van der Waals surface area (Å²) in [6, 6.07) is 1.02. The van der Waals surface area contributed by atoms with Crippen molar-refractivity contribution in [2.45, 2.75) is 50.1 Å². The lowest BCUT2D eigenvalue weighted by Crippen LogP contribution is -2.22. The van der Waals surface area contributed by atoms with Gasteiger partial charge in [0, 0.05) is 16.1 Å². The SMILES string of the molecule is O=C(O)CCOCCOCCNCCC[SiH2]C(CCCS(=O)(=O)O)CCCS(=O)(=O)O. The quantitative estimate of drug-likeness (QED) is 0.0893. The number of carboxylic acid groups (broad SMARTS) is 1. The number of aliphatic carboxylic acids is 1. The van der Waals surface area contributed by atoms with Crippen LogP contribution in [0, 0.1) is 0 Å². The van der Waals surface area contributed by atoms with E-state index in [4.69, 9.17) is 23.7 Å². The first-order chi connectivity index (χ1) is 14.5. The smallest absolute Gasteiger partial charge is 0.305 e. The van der Waals surface area contributed by atoms with Gasteiger partial charge in [-0.2, -0.15) is 16.8 Å². The molecule has 14 heteroatoms. The van der Waals surface area contributed by atoms with E-state index in [0.29, 0.717) is 52.0 Å². The van der Waals surface area contributed by atoms with Crippen LogP contribution in [0.15, 0.2) is 0 Å². The molecule has 0 unspecified atom stereocenters. The Labute approximate surface area is 187 Å². The number of nitrogens with one attached hydrogen (secondary N) is 1. The van der Waals surface area contributed by atoms with Crippen LogP contribution < -0.4 is 5.32 Å². The second kappa shape index (κ2) is 17.9. The predicted molar refractivity (Wildman–Crippen MR) is 120 cm³/mol. The summed E-state index contributed by atoms with van der Waals surface area (Å²) in [5.74, 6) is -1.47. The highest BCUT2D eigenvalue weighted by Crippen LogP contribution is 2.21. The lowest BCUT2D eigenvalue weighted by atomic mass is 10.1. The van der Waals surface area contributed by atoms with Crippen LogP contribution in [0.2, 0.25) is 11.6 Å². The van der Waals surface area contributed by atoms with Gasteiger partial charge in [-0.25, -0.2) is 0 Å². The summed E-state index contributed by atoms with van der Waals surface area (Å²) in [5.41, 5.74) is 0.271. The van der Waals surface area contributed by atoms with Gasteiger partial charge in [0.2, 0.25) is 0 Å². The fourth-order valence-corrected chi connectivity index (χ4v) is 6.31. The number of ether oxygens (including phenoxy) is 2. The summed E-state index contributed by atoms with van der Waals surface area (Å²) in [6.07, 6.45) is 2.89. The van der Waals surface area contributed by atoms with Crippen LogP contribution in [0.25, 0.3) is 0 Å². The van der Waals surface area contributed by atoms with Gasteiger partial charge in [0.15, 0.2) is 0 Å². The Kier molecular flexibility index (Phi) is 17.5. The summed E-state index contributed by atoms with van der Waals surface area (Å²) >= 11 is 0. The van der Waals surface area contributed by atoms with E-state index in [9.17, 15) is 21.6 Å². The molecule has 0 aliphatic heterocycles. The van der Waals surface area contributed by atoms with Gasteiger partial charge in [0.1, 0.15) is 0 Å². The topological polar surface area (TPSA) is 177 Å². The van der Waals surface area contributed by atoms with Crippen LogP contribution in [0.5, 0.6) is 0 Å². The summed E-state index contributed by atoms with van der Waals surface area (Å²) in [5, 5.41) is 11.7. The summed E-state index contributed by atoms with van der Waals surface area (Å²) < 4.78 is 71.6. The van der Waals surface area contributed by atoms with Gasteiger partial charge in [-0.05, 0) is 25.8 Å². The van der Waals surface area contributed by atoms with Gasteiger partial charge in [-0.1, -0.05) is 24.4 Å². The molecule has 0 saturated carbocycles. The van der Waals surface area contributed by atoms with Crippen LogP contribution >= 0.6 is 0 Å². The van der Waals surface area contributed by atoms with E-state index < -0.39 is 35.7 Å². The first kappa shape index (κ1) is 30.4. The Hall–Kier alpha value is -0.613. The van der Waals surface area contributed by atoms with Gasteiger partial charge in [0.25, 0.3) is 20.2 Å². The molecule has 0 aromatic carbocycles. The zero-order valence-corrected chi connectivity index (χ0v) is 21.0. The molecule has 0 radical (unpaired) electrons. The van der Waals surface area contributed by atoms with E-state index in [1.165, 1.54) is 0 Å². The van der Waals surface area contributed by atoms with Crippen molar-refractivity contribution >= 4 is 35.7 Å². The first-order valence-electron chi connectivity index (χ1n) is 10.5. The number of carboxylic acids is 1. The van der Waals surface area contributed by atoms with Crippen molar-refractivity contribution in [3.63, 3.8) is 0 Å². The monoisotopic (exact) mass is 507 g/mol. The van der Waals surface area contributed by atoms with Crippen LogP contribution in [-0.4, -0.2) is 97.6 Å². The van der Waals surface area contributed by atoms with E-state index in [1.54, 1.807) is 0 Å². The summed E-state index contributed by atoms with van der Waals surface area (Å²) in [7, 11) is -8.52. The maximum Gasteiger partial charge on any atom is 0.305 e. The molecule has 0 aliphatic rings. The minimum atomic E-state index is -3.99. The largest absolute Gasteiger partial charge is 0.481 e. The van der Waals surface area contributed by atoms with Gasteiger partial charge in [-0.3, -0.25) is 13.9 Å². The molecule has 0 spiro atoms. The Bertz CT molecular complexity index is 634. The Morgan fingerprint density at radius 1 is 0.839 bits per heavy atom. The lowest BCUT2D eigenvalue weighted by molar-refractivity contribution is -0.138. The van der Waals surface area contributed by atoms with Crippen molar-refractivity contribution in [3.05, 3.63) is 0 Å². The molecule has 31 heavy (non-hydrogen) atoms. The lowest BCUT2D eigenvalue weighted by Gasteiger charge is -2.16. The zero-order chi connectivity index (χ0) is 23.6. The zero-order valence-electron chi connectivity index (χ0n) is 17.9. The molecule has 0 bridgehead atoms. The average Bonchev–Trinajstić information content (AvgIpc) is 2.62. The van der Waals surface area contributed by atoms with E-state index >= 15 is 0 Å². The van der Waals surface area contributed by atoms with Gasteiger partial charge in [-0.15, -0.1) is 0 Å². The molecule has 0 atom stereocenters. The number of carbonyl (C=O) groups is 1. The van der Waals surface area contributed by atoms with Crippen molar-refractivity contribution in [1.82, 2.24) is 5.32 Å². The van der Waals surface area contributed by atoms with E-state index in [1.807, 2.05) is 0 Å². The van der Waals surface area contributed by atoms with E-state index in [-0.39, 0.29) is 30.1 Å². The van der Waals surface area contributed by atoms with Gasteiger partial charge < -0.3 is 19.9 Å². The Balaban J connectivity index is 3.80. The molecule has 0 fully saturated rings. The van der Waals surface area contributed by atoms with E-state index in [2.05, 4.69) is 5.32 Å². The van der Waals surface area contributed by atoms with Crippen molar-refractivity contribution in [3.8, 4) is 0 Å². The van der Waals surface area contributed by atoms with Gasteiger partial charge in [0.05, 0.1) is 44.4 Å². The van der Waals surface area contributed by atoms with Crippen LogP contribution in [0.1, 0.15) is 38.5 Å². The normalized spacial score (nSPS) is 12.9. The molecule has 4 N–H and O–H groups in total. The average molecular weight is 508 g/mol. The second-order valence-corrected chi connectivity index (χ2v) is 12.9. The molecule has 0 heterocycles. The van der Waals surface area contributed by atoms with E-state index in [0.717, 1.165) is 19.0 Å². The highest BCUT2D eigenvalue weighted by Gasteiger charge is 2.14. The molecular weight excluding hydrogens is 470 g/mol. The fourth-order valence-electron chi connectivity index (χ4n) is 2.98. The molecule has 0 aromatic heterocycles. The third kappa shape index (κ3) is 25.5. The molecule has 0 aromatic rings. The molecule has 0 rings (SSSR count). The molecule has 0 saturated heterocycles. The maximum absolute atomic E-state index is 10.9. The van der Waals surface area contributed by atoms with Crippen LogP contribution in [0.3, 0.4) is 0 Å². The molecule has 11 nitrogen and oxygen atoms in total. The highest BCUT2D eigenvalue weighted by atomic mass is 32.2. The first-order valence-corrected chi connectivity index (χ1v) is 15.5. The highest BCUT2D eigenvalue weighted by molar-refractivity contribution is 7.86. The summed E-state index contributed by atoms with van der Waals surface area (Å²) in [6.45, 7) is 2.95. The van der Waals surface area contributed by atoms with Crippen LogP contribution in [0.4, 0.5) is 0 Å². The van der Waals surface area contributed by atoms with Crippen molar-refractivity contribution in [2.75, 3.05) is 51.0 Å². The van der Waals surface area contributed by atoms with Crippen molar-refractivity contribution in [1.29, 1.82) is 0 Å². The number of rotatable bonds is 22. The number of hydrogen-bond donors (Lipinski definition) is 4. The van der Waals surface area contributed by atoms with Crippen LogP contribution in [-0.2, 0) is 34.5 Å². The molecule has 186 valence electrons. The third-order valence-electron chi connectivity index (χ3n) is 4.50. The number of hydrogen-bond acceptors (Lipinski definition) is 8. The Morgan fingerprint density at radius 3 is 1.90 bits per heavy atom. The van der Waals surface area contributed by atoms with Crippen molar-refractivity contribution < 1.29 is 45.3 Å². The fraction of sp³-hybridized carbons (Fsp3) is 0.941. The third-order valence-corrected chi connectivity index (χ3v) is 8.65. The minimum Gasteiger partial charge on any atom is -0.481 e. The summed E-state index contributed by atoms with van der Waals surface area (Å²) in [4.78, 5) is 10.3. The molecular formula is C17H37NO10S2Si. The molecule has 0 amide bonds. The molecule has 0 aliphatic carbocycles. The Morgan fingerprint density at radius 2 is 1.39 bits per heavy atom. The predicted octanol–water partition coefficient (Wildman–Crippen LogP) is 0.186. The van der Waals surface area contributed by atoms with Gasteiger partial charge >= 0.3 is 5.97 Å². The van der Waals surface area contributed by atoms with Crippen molar-refractivity contribution in [2.24, 2.45) is 0 Å². The second-order valence-electron chi connectivity index (χ2n) is 7.34. The minimum absolute atomic E-state index is 0.0210. The standard InChI is InChI=1S/C17H37NO10S2Si/c19-17(20)6-9-27-11-12-28-10-8-18-7-3-15-31-16(4-1-13-29(21,22)23)5-2-14-30(24,25)26/h16,18H,1-15,31H2,(H,19,20)(H,21,22,23)(H,24,25,26).